The van der Waals surface area contributed by atoms with Crippen LogP contribution in [0.25, 0.3) is 0 Å². The molecule has 8 nitrogen and oxygen atoms in total. The summed E-state index contributed by atoms with van der Waals surface area (Å²) in [6.45, 7) is 7.53. The van der Waals surface area contributed by atoms with E-state index >= 15 is 0 Å². The number of aromatic nitrogens is 1. The summed E-state index contributed by atoms with van der Waals surface area (Å²) < 4.78 is 34.0. The van der Waals surface area contributed by atoms with Crippen molar-refractivity contribution in [2.45, 2.75) is 52.1 Å². The first-order valence-corrected chi connectivity index (χ1v) is 12.9. The van der Waals surface area contributed by atoms with Gasteiger partial charge < -0.3 is 15.0 Å². The molecule has 9 heteroatoms. The Morgan fingerprint density at radius 2 is 1.63 bits per heavy atom. The molecule has 0 unspecified atom stereocenters. The minimum Gasteiger partial charge on any atom is -0.461 e. The summed E-state index contributed by atoms with van der Waals surface area (Å²) in [4.78, 5) is 27.2. The molecule has 0 spiro atoms. The van der Waals surface area contributed by atoms with Crippen LogP contribution in [0.1, 0.15) is 53.1 Å². The number of carbonyl (C=O) groups is 2. The molecule has 186 valence electrons. The summed E-state index contributed by atoms with van der Waals surface area (Å²) >= 11 is 0. The fraction of sp³-hybridized carbons (Fsp3) is 0.308. The predicted molar refractivity (Wildman–Crippen MR) is 134 cm³/mol. The van der Waals surface area contributed by atoms with Crippen LogP contribution in [-0.2, 0) is 32.6 Å². The van der Waals surface area contributed by atoms with Crippen LogP contribution in [0.4, 0.5) is 5.69 Å². The van der Waals surface area contributed by atoms with E-state index in [1.165, 1.54) is 16.4 Å². The first-order valence-electron chi connectivity index (χ1n) is 11.5. The Balaban J connectivity index is 1.98. The molecule has 0 aliphatic heterocycles. The molecule has 3 aromatic rings. The van der Waals surface area contributed by atoms with E-state index in [4.69, 9.17) is 4.74 Å². The second kappa shape index (κ2) is 11.3. The smallest absolute Gasteiger partial charge is 0.355 e. The van der Waals surface area contributed by atoms with Gasteiger partial charge in [-0.05, 0) is 61.7 Å². The number of rotatable bonds is 10. The molecule has 0 aliphatic carbocycles. The number of amides is 1. The van der Waals surface area contributed by atoms with Crippen LogP contribution in [0.3, 0.4) is 0 Å². The van der Waals surface area contributed by atoms with Crippen molar-refractivity contribution in [3.8, 4) is 0 Å². The lowest BCUT2D eigenvalue weighted by Crippen LogP contribution is -2.30. The predicted octanol–water partition coefficient (Wildman–Crippen LogP) is 4.55. The number of hydrogen-bond donors (Lipinski definition) is 2. The van der Waals surface area contributed by atoms with E-state index in [-0.39, 0.29) is 30.5 Å². The standard InChI is InChI=1S/C26H31N3O5S/c1-5-24(30)28-21-12-14-22(15-13-21)35(32,33)29(16-20-10-8-7-9-11-20)17-23-18(3)25(27-19(23)4)26(31)34-6-2/h7-15,27H,5-6,16-17H2,1-4H3,(H,28,30). The minimum atomic E-state index is -3.91. The highest BCUT2D eigenvalue weighted by atomic mass is 32.2. The normalized spacial score (nSPS) is 11.5. The van der Waals surface area contributed by atoms with Crippen LogP contribution in [0, 0.1) is 13.8 Å². The van der Waals surface area contributed by atoms with Gasteiger partial charge in [-0.3, -0.25) is 4.79 Å². The molecule has 35 heavy (non-hydrogen) atoms. The second-order valence-electron chi connectivity index (χ2n) is 8.13. The van der Waals surface area contributed by atoms with Gasteiger partial charge in [-0.2, -0.15) is 4.31 Å². The molecule has 3 rings (SSSR count). The van der Waals surface area contributed by atoms with Gasteiger partial charge in [0, 0.05) is 30.9 Å². The van der Waals surface area contributed by atoms with Crippen molar-refractivity contribution >= 4 is 27.6 Å². The molecular weight excluding hydrogens is 466 g/mol. The molecule has 0 radical (unpaired) electrons. The number of nitrogens with zero attached hydrogens (tertiary/aromatic N) is 1. The Bertz CT molecular complexity index is 1280. The monoisotopic (exact) mass is 497 g/mol. The van der Waals surface area contributed by atoms with Gasteiger partial charge in [0.25, 0.3) is 0 Å². The number of aromatic amines is 1. The SMILES string of the molecule is CCOC(=O)c1[nH]c(C)c(CN(Cc2ccccc2)S(=O)(=O)c2ccc(NC(=O)CC)cc2)c1C. The van der Waals surface area contributed by atoms with Crippen molar-refractivity contribution in [2.75, 3.05) is 11.9 Å². The Morgan fingerprint density at radius 3 is 2.23 bits per heavy atom. The van der Waals surface area contributed by atoms with Crippen molar-refractivity contribution < 1.29 is 22.7 Å². The van der Waals surface area contributed by atoms with Gasteiger partial charge in [-0.1, -0.05) is 37.3 Å². The quantitative estimate of drug-likeness (QED) is 0.400. The fourth-order valence-electron chi connectivity index (χ4n) is 3.73. The van der Waals surface area contributed by atoms with E-state index in [0.717, 1.165) is 11.1 Å². The van der Waals surface area contributed by atoms with Crippen LogP contribution in [0.5, 0.6) is 0 Å². The number of anilines is 1. The van der Waals surface area contributed by atoms with Crippen molar-refractivity contribution in [2.24, 2.45) is 0 Å². The number of aryl methyl sites for hydroxylation is 1. The Hall–Kier alpha value is -3.43. The maximum Gasteiger partial charge on any atom is 0.355 e. The molecule has 1 aromatic heterocycles. The number of H-pyrrole nitrogens is 1. The summed E-state index contributed by atoms with van der Waals surface area (Å²) in [6, 6.07) is 15.4. The third-order valence-corrected chi connectivity index (χ3v) is 7.51. The molecule has 0 saturated carbocycles. The van der Waals surface area contributed by atoms with Crippen LogP contribution in [0.15, 0.2) is 59.5 Å². The zero-order chi connectivity index (χ0) is 25.6. The van der Waals surface area contributed by atoms with Crippen molar-refractivity contribution in [3.05, 3.63) is 82.7 Å². The highest BCUT2D eigenvalue weighted by Crippen LogP contribution is 2.27. The van der Waals surface area contributed by atoms with Gasteiger partial charge in [-0.15, -0.1) is 0 Å². The Labute approximate surface area is 206 Å². The Kier molecular flexibility index (Phi) is 8.48. The number of hydrogen-bond acceptors (Lipinski definition) is 5. The van der Waals surface area contributed by atoms with Gasteiger partial charge in [0.15, 0.2) is 0 Å². The highest BCUT2D eigenvalue weighted by Gasteiger charge is 2.28. The van der Waals surface area contributed by atoms with Gasteiger partial charge in [-0.25, -0.2) is 13.2 Å². The first kappa shape index (κ1) is 26.2. The van der Waals surface area contributed by atoms with E-state index in [1.807, 2.05) is 37.3 Å². The van der Waals surface area contributed by atoms with Crippen molar-refractivity contribution in [3.63, 3.8) is 0 Å². The van der Waals surface area contributed by atoms with Crippen LogP contribution in [-0.4, -0.2) is 36.2 Å². The first-order chi connectivity index (χ1) is 16.7. The van der Waals surface area contributed by atoms with Gasteiger partial charge in [0.05, 0.1) is 11.5 Å². The molecular formula is C26H31N3O5S. The number of esters is 1. The summed E-state index contributed by atoms with van der Waals surface area (Å²) in [6.07, 6.45) is 0.327. The summed E-state index contributed by atoms with van der Waals surface area (Å²) in [7, 11) is -3.91. The average molecular weight is 498 g/mol. The zero-order valence-corrected chi connectivity index (χ0v) is 21.2. The van der Waals surface area contributed by atoms with Crippen LogP contribution < -0.4 is 5.32 Å². The largest absolute Gasteiger partial charge is 0.461 e. The molecule has 1 heterocycles. The molecule has 0 bridgehead atoms. The molecule has 0 atom stereocenters. The third kappa shape index (κ3) is 6.17. The molecule has 1 amide bonds. The maximum absolute atomic E-state index is 13.7. The van der Waals surface area contributed by atoms with Crippen LogP contribution >= 0.6 is 0 Å². The van der Waals surface area contributed by atoms with E-state index in [2.05, 4.69) is 10.3 Å². The molecule has 2 aromatic carbocycles. The van der Waals surface area contributed by atoms with E-state index < -0.39 is 16.0 Å². The number of sulfonamides is 1. The third-order valence-electron chi connectivity index (χ3n) is 5.71. The zero-order valence-electron chi connectivity index (χ0n) is 20.4. The number of benzene rings is 2. The molecule has 2 N–H and O–H groups in total. The fourth-order valence-corrected chi connectivity index (χ4v) is 5.13. The van der Waals surface area contributed by atoms with Gasteiger partial charge in [0.2, 0.25) is 15.9 Å². The van der Waals surface area contributed by atoms with Crippen LogP contribution in [0.2, 0.25) is 0 Å². The second-order valence-corrected chi connectivity index (χ2v) is 10.1. The number of carbonyl (C=O) groups excluding carboxylic acids is 2. The topological polar surface area (TPSA) is 109 Å². The summed E-state index contributed by atoms with van der Waals surface area (Å²) in [5.41, 5.74) is 3.77. The average Bonchev–Trinajstić information content (AvgIpc) is 3.13. The Morgan fingerprint density at radius 1 is 0.971 bits per heavy atom. The van der Waals surface area contributed by atoms with Crippen molar-refractivity contribution in [1.82, 2.24) is 9.29 Å². The summed E-state index contributed by atoms with van der Waals surface area (Å²) in [5, 5.41) is 2.72. The lowest BCUT2D eigenvalue weighted by Gasteiger charge is -2.23. The number of nitrogens with one attached hydrogen (secondary N) is 2. The lowest BCUT2D eigenvalue weighted by molar-refractivity contribution is -0.115. The van der Waals surface area contributed by atoms with E-state index in [9.17, 15) is 18.0 Å². The summed E-state index contributed by atoms with van der Waals surface area (Å²) in [5.74, 6) is -0.622. The lowest BCUT2D eigenvalue weighted by atomic mass is 10.1. The maximum atomic E-state index is 13.7. The van der Waals surface area contributed by atoms with Gasteiger partial charge in [0.1, 0.15) is 5.69 Å². The number of ether oxygens (including phenoxy) is 1. The van der Waals surface area contributed by atoms with E-state index in [1.54, 1.807) is 32.9 Å². The van der Waals surface area contributed by atoms with E-state index in [0.29, 0.717) is 29.1 Å². The molecule has 0 fully saturated rings. The van der Waals surface area contributed by atoms with Crippen molar-refractivity contribution in [1.29, 1.82) is 0 Å². The highest BCUT2D eigenvalue weighted by molar-refractivity contribution is 7.89. The molecule has 0 saturated heterocycles. The molecule has 0 aliphatic rings. The minimum absolute atomic E-state index is 0.0686. The van der Waals surface area contributed by atoms with Gasteiger partial charge >= 0.3 is 5.97 Å².